The molecule has 1 aromatic carbocycles. The number of rotatable bonds is 4. The van der Waals surface area contributed by atoms with Gasteiger partial charge in [0.1, 0.15) is 11.9 Å². The number of aromatic nitrogens is 1. The lowest BCUT2D eigenvalue weighted by Gasteiger charge is -2.32. The Labute approximate surface area is 130 Å². The van der Waals surface area contributed by atoms with Crippen molar-refractivity contribution in [1.29, 1.82) is 0 Å². The molecular weight excluding hydrogens is 284 g/mol. The number of hydrogen-bond acceptors (Lipinski definition) is 3. The number of nitrogens with zero attached hydrogens (tertiary/aromatic N) is 2. The molecule has 0 unspecified atom stereocenters. The molecule has 1 fully saturated rings. The Bertz CT molecular complexity index is 551. The molecule has 110 valence electrons. The van der Waals surface area contributed by atoms with Crippen molar-refractivity contribution >= 4 is 11.6 Å². The van der Waals surface area contributed by atoms with E-state index in [2.05, 4.69) is 16.0 Å². The van der Waals surface area contributed by atoms with Crippen molar-refractivity contribution < 1.29 is 4.74 Å². The van der Waals surface area contributed by atoms with Gasteiger partial charge in [-0.05, 0) is 48.7 Å². The Morgan fingerprint density at radius 3 is 2.57 bits per heavy atom. The smallest absolute Gasteiger partial charge is 0.119 e. The summed E-state index contributed by atoms with van der Waals surface area (Å²) in [5.41, 5.74) is 1.27. The van der Waals surface area contributed by atoms with Gasteiger partial charge in [0.15, 0.2) is 0 Å². The predicted octanol–water partition coefficient (Wildman–Crippen LogP) is 3.78. The zero-order chi connectivity index (χ0) is 14.5. The van der Waals surface area contributed by atoms with E-state index in [1.165, 1.54) is 5.56 Å². The highest BCUT2D eigenvalue weighted by atomic mass is 35.5. The van der Waals surface area contributed by atoms with Crippen LogP contribution >= 0.6 is 11.6 Å². The molecule has 2 aromatic rings. The Balaban J connectivity index is 1.47. The third kappa shape index (κ3) is 4.19. The van der Waals surface area contributed by atoms with Gasteiger partial charge in [-0.1, -0.05) is 17.7 Å². The second-order valence-electron chi connectivity index (χ2n) is 5.41. The number of ether oxygens (including phenoxy) is 1. The van der Waals surface area contributed by atoms with Crippen LogP contribution < -0.4 is 4.74 Å². The van der Waals surface area contributed by atoms with Crippen LogP contribution in [0.1, 0.15) is 18.4 Å². The van der Waals surface area contributed by atoms with Crippen LogP contribution in [0, 0.1) is 0 Å². The number of likely N-dealkylation sites (tertiary alicyclic amines) is 1. The van der Waals surface area contributed by atoms with Gasteiger partial charge in [0.05, 0.1) is 0 Å². The first-order valence-corrected chi connectivity index (χ1v) is 7.71. The molecule has 1 aliphatic heterocycles. The fourth-order valence-electron chi connectivity index (χ4n) is 2.64. The summed E-state index contributed by atoms with van der Waals surface area (Å²) in [4.78, 5) is 6.62. The Hall–Kier alpha value is -1.58. The lowest BCUT2D eigenvalue weighted by atomic mass is 10.1. The molecule has 4 heteroatoms. The second-order valence-corrected chi connectivity index (χ2v) is 5.84. The van der Waals surface area contributed by atoms with Crippen LogP contribution in [0.3, 0.4) is 0 Å². The van der Waals surface area contributed by atoms with Gasteiger partial charge in [-0.2, -0.15) is 0 Å². The molecule has 2 heterocycles. The summed E-state index contributed by atoms with van der Waals surface area (Å²) in [5.74, 6) is 0.908. The summed E-state index contributed by atoms with van der Waals surface area (Å²) in [6.45, 7) is 3.10. The van der Waals surface area contributed by atoms with Gasteiger partial charge >= 0.3 is 0 Å². The van der Waals surface area contributed by atoms with E-state index in [0.717, 1.165) is 43.2 Å². The largest absolute Gasteiger partial charge is 0.490 e. The molecule has 21 heavy (non-hydrogen) atoms. The molecule has 0 amide bonds. The zero-order valence-corrected chi connectivity index (χ0v) is 12.7. The van der Waals surface area contributed by atoms with Crippen LogP contribution in [0.4, 0.5) is 0 Å². The molecule has 0 spiro atoms. The lowest BCUT2D eigenvalue weighted by Crippen LogP contribution is -2.37. The summed E-state index contributed by atoms with van der Waals surface area (Å²) in [6, 6.07) is 11.7. The van der Waals surface area contributed by atoms with Crippen molar-refractivity contribution in [2.45, 2.75) is 25.5 Å². The minimum Gasteiger partial charge on any atom is -0.490 e. The van der Waals surface area contributed by atoms with Crippen LogP contribution in [0.15, 0.2) is 48.8 Å². The van der Waals surface area contributed by atoms with Crippen molar-refractivity contribution in [1.82, 2.24) is 9.88 Å². The third-order valence-corrected chi connectivity index (χ3v) is 4.03. The van der Waals surface area contributed by atoms with E-state index in [1.807, 2.05) is 42.7 Å². The van der Waals surface area contributed by atoms with Crippen molar-refractivity contribution in [2.75, 3.05) is 13.1 Å². The normalized spacial score (nSPS) is 16.8. The van der Waals surface area contributed by atoms with E-state index in [9.17, 15) is 0 Å². The molecule has 0 aliphatic carbocycles. The lowest BCUT2D eigenvalue weighted by molar-refractivity contribution is 0.0967. The molecule has 3 nitrogen and oxygen atoms in total. The van der Waals surface area contributed by atoms with Crippen molar-refractivity contribution in [2.24, 2.45) is 0 Å². The SMILES string of the molecule is Clc1ccc(OC2CCN(Cc3cccnc3)CC2)cc1. The Kier molecular flexibility index (Phi) is 4.73. The summed E-state index contributed by atoms with van der Waals surface area (Å²) in [5, 5.41) is 0.744. The van der Waals surface area contributed by atoms with Crippen LogP contribution in [0.2, 0.25) is 5.02 Å². The molecule has 1 aromatic heterocycles. The van der Waals surface area contributed by atoms with Gasteiger partial charge in [0, 0.05) is 37.1 Å². The topological polar surface area (TPSA) is 25.4 Å². The van der Waals surface area contributed by atoms with Gasteiger partial charge in [-0.25, -0.2) is 0 Å². The van der Waals surface area contributed by atoms with Crippen LogP contribution in [-0.4, -0.2) is 29.1 Å². The minimum atomic E-state index is 0.302. The summed E-state index contributed by atoms with van der Waals surface area (Å²) in [6.07, 6.45) is 6.17. The van der Waals surface area contributed by atoms with Crippen LogP contribution in [-0.2, 0) is 6.54 Å². The zero-order valence-electron chi connectivity index (χ0n) is 11.9. The number of halogens is 1. The van der Waals surface area contributed by atoms with Gasteiger partial charge in [0.2, 0.25) is 0 Å². The number of hydrogen-bond donors (Lipinski definition) is 0. The number of pyridine rings is 1. The highest BCUT2D eigenvalue weighted by molar-refractivity contribution is 6.30. The molecule has 1 aliphatic rings. The fraction of sp³-hybridized carbons (Fsp3) is 0.353. The molecule has 0 atom stereocenters. The summed E-state index contributed by atoms with van der Waals surface area (Å²) in [7, 11) is 0. The van der Waals surface area contributed by atoms with E-state index in [-0.39, 0.29) is 0 Å². The van der Waals surface area contributed by atoms with E-state index < -0.39 is 0 Å². The van der Waals surface area contributed by atoms with Crippen molar-refractivity contribution in [3.8, 4) is 5.75 Å². The maximum atomic E-state index is 6.01. The summed E-state index contributed by atoms with van der Waals surface area (Å²) >= 11 is 5.88. The molecule has 3 rings (SSSR count). The maximum Gasteiger partial charge on any atom is 0.119 e. The first-order chi connectivity index (χ1) is 10.3. The van der Waals surface area contributed by atoms with Gasteiger partial charge in [0.25, 0.3) is 0 Å². The predicted molar refractivity (Wildman–Crippen MR) is 84.6 cm³/mol. The van der Waals surface area contributed by atoms with E-state index >= 15 is 0 Å². The average molecular weight is 303 g/mol. The number of benzene rings is 1. The Morgan fingerprint density at radius 1 is 1.14 bits per heavy atom. The van der Waals surface area contributed by atoms with E-state index in [1.54, 1.807) is 0 Å². The van der Waals surface area contributed by atoms with Crippen molar-refractivity contribution in [3.63, 3.8) is 0 Å². The highest BCUT2D eigenvalue weighted by Crippen LogP contribution is 2.21. The first kappa shape index (κ1) is 14.4. The minimum absolute atomic E-state index is 0.302. The van der Waals surface area contributed by atoms with Crippen LogP contribution in [0.25, 0.3) is 0 Å². The average Bonchev–Trinajstić information content (AvgIpc) is 2.53. The van der Waals surface area contributed by atoms with Crippen LogP contribution in [0.5, 0.6) is 5.75 Å². The molecular formula is C17H19ClN2O. The monoisotopic (exact) mass is 302 g/mol. The molecule has 1 saturated heterocycles. The van der Waals surface area contributed by atoms with Crippen molar-refractivity contribution in [3.05, 3.63) is 59.4 Å². The standard InChI is InChI=1S/C17H19ClN2O/c18-15-3-5-16(6-4-15)21-17-7-10-20(11-8-17)13-14-2-1-9-19-12-14/h1-6,9,12,17H,7-8,10-11,13H2. The van der Waals surface area contributed by atoms with Gasteiger partial charge in [-0.3, -0.25) is 9.88 Å². The fourth-order valence-corrected chi connectivity index (χ4v) is 2.77. The van der Waals surface area contributed by atoms with E-state index in [4.69, 9.17) is 16.3 Å². The number of piperidine rings is 1. The highest BCUT2D eigenvalue weighted by Gasteiger charge is 2.20. The third-order valence-electron chi connectivity index (χ3n) is 3.78. The maximum absolute atomic E-state index is 6.01. The quantitative estimate of drug-likeness (QED) is 0.859. The summed E-state index contributed by atoms with van der Waals surface area (Å²) < 4.78 is 6.01. The molecule has 0 radical (unpaired) electrons. The Morgan fingerprint density at radius 2 is 1.90 bits per heavy atom. The molecule has 0 bridgehead atoms. The molecule has 0 saturated carbocycles. The van der Waals surface area contributed by atoms with Gasteiger partial charge in [-0.15, -0.1) is 0 Å². The van der Waals surface area contributed by atoms with E-state index in [0.29, 0.717) is 6.10 Å². The first-order valence-electron chi connectivity index (χ1n) is 7.33. The molecule has 0 N–H and O–H groups in total. The second kappa shape index (κ2) is 6.92. The van der Waals surface area contributed by atoms with Gasteiger partial charge < -0.3 is 4.74 Å².